The van der Waals surface area contributed by atoms with E-state index in [4.69, 9.17) is 4.42 Å². The summed E-state index contributed by atoms with van der Waals surface area (Å²) < 4.78 is 35.6. The van der Waals surface area contributed by atoms with Crippen LogP contribution in [0.1, 0.15) is 51.5 Å². The number of nitrogens with zero attached hydrogens (tertiary/aromatic N) is 1. The number of halogens is 2. The molecule has 0 saturated heterocycles. The molecule has 146 valence electrons. The molecule has 28 heavy (non-hydrogen) atoms. The summed E-state index contributed by atoms with van der Waals surface area (Å²) in [5.41, 5.74) is 3.48. The molecule has 3 aromatic rings. The van der Waals surface area contributed by atoms with Gasteiger partial charge in [0.05, 0.1) is 19.4 Å². The van der Waals surface area contributed by atoms with Crippen molar-refractivity contribution < 1.29 is 18.0 Å². The van der Waals surface area contributed by atoms with Gasteiger partial charge in [-0.2, -0.15) is 0 Å². The van der Waals surface area contributed by atoms with Crippen LogP contribution in [0.3, 0.4) is 0 Å². The highest BCUT2D eigenvalue weighted by molar-refractivity contribution is 5.95. The number of rotatable bonds is 5. The number of nitrogens with one attached hydrogen (secondary N) is 1. The minimum absolute atomic E-state index is 0.00180. The van der Waals surface area contributed by atoms with Crippen molar-refractivity contribution in [3.8, 4) is 0 Å². The summed E-state index contributed by atoms with van der Waals surface area (Å²) in [5.74, 6) is -0.815. The number of carbonyl (C=O) groups is 1. The number of benzene rings is 1. The average Bonchev–Trinajstić information content (AvgIpc) is 3.30. The van der Waals surface area contributed by atoms with Gasteiger partial charge in [0, 0.05) is 11.3 Å². The Morgan fingerprint density at radius 1 is 1.14 bits per heavy atom. The topological polar surface area (TPSA) is 47.2 Å². The number of amides is 1. The van der Waals surface area contributed by atoms with Crippen molar-refractivity contribution in [2.75, 3.05) is 0 Å². The van der Waals surface area contributed by atoms with E-state index in [0.717, 1.165) is 42.5 Å². The maximum Gasteiger partial charge on any atom is 0.268 e. The monoisotopic (exact) mass is 384 g/mol. The normalized spacial score (nSPS) is 13.4. The molecule has 0 atom stereocenters. The second-order valence-electron chi connectivity index (χ2n) is 7.15. The van der Waals surface area contributed by atoms with Crippen molar-refractivity contribution in [1.82, 2.24) is 9.88 Å². The Hall–Kier alpha value is -2.89. The van der Waals surface area contributed by atoms with Gasteiger partial charge in [-0.25, -0.2) is 8.78 Å². The van der Waals surface area contributed by atoms with Crippen molar-refractivity contribution in [3.05, 3.63) is 82.1 Å². The molecule has 1 aromatic carbocycles. The van der Waals surface area contributed by atoms with E-state index in [2.05, 4.69) is 5.32 Å². The van der Waals surface area contributed by atoms with Crippen LogP contribution in [0.25, 0.3) is 0 Å². The molecule has 2 aromatic heterocycles. The number of fused-ring (bicyclic) bond motifs is 1. The van der Waals surface area contributed by atoms with Crippen molar-refractivity contribution in [1.29, 1.82) is 0 Å². The Morgan fingerprint density at radius 3 is 2.61 bits per heavy atom. The summed E-state index contributed by atoms with van der Waals surface area (Å²) in [4.78, 5) is 13.0. The largest absolute Gasteiger partial charge is 0.467 e. The molecule has 0 unspecified atom stereocenters. The first kappa shape index (κ1) is 18.5. The van der Waals surface area contributed by atoms with Crippen molar-refractivity contribution in [2.24, 2.45) is 0 Å². The first-order valence-electron chi connectivity index (χ1n) is 9.50. The Bertz CT molecular complexity index is 986. The van der Waals surface area contributed by atoms with Gasteiger partial charge >= 0.3 is 0 Å². The van der Waals surface area contributed by atoms with Gasteiger partial charge in [0.1, 0.15) is 23.1 Å². The van der Waals surface area contributed by atoms with Gasteiger partial charge in [0.15, 0.2) is 0 Å². The maximum atomic E-state index is 14.3. The fourth-order valence-corrected chi connectivity index (χ4v) is 4.04. The number of carbonyl (C=O) groups excluding carboxylic acids is 1. The zero-order valence-electron chi connectivity index (χ0n) is 15.7. The molecule has 0 saturated carbocycles. The van der Waals surface area contributed by atoms with E-state index in [0.29, 0.717) is 11.5 Å². The Kier molecular flexibility index (Phi) is 5.03. The number of aromatic nitrogens is 1. The standard InChI is InChI=1S/C22H22F2N2O2/c1-14-16-7-2-3-10-20(16)26(13-17-18(23)8-4-9-19(17)24)21(14)22(27)25-12-15-6-5-11-28-15/h4-6,8-9,11H,2-3,7,10,12-13H2,1H3,(H,25,27). The van der Waals surface area contributed by atoms with Crippen LogP contribution in [0, 0.1) is 18.6 Å². The van der Waals surface area contributed by atoms with Gasteiger partial charge in [-0.3, -0.25) is 4.79 Å². The van der Waals surface area contributed by atoms with Gasteiger partial charge in [-0.1, -0.05) is 6.07 Å². The number of hydrogen-bond acceptors (Lipinski definition) is 2. The SMILES string of the molecule is Cc1c2c(n(Cc3c(F)cccc3F)c1C(=O)NCc1ccco1)CCCC2. The van der Waals surface area contributed by atoms with Crippen LogP contribution in [0.5, 0.6) is 0 Å². The average molecular weight is 384 g/mol. The zero-order chi connectivity index (χ0) is 19.7. The number of furan rings is 1. The predicted molar refractivity (Wildman–Crippen MR) is 101 cm³/mol. The van der Waals surface area contributed by atoms with Crippen LogP contribution in [0.15, 0.2) is 41.0 Å². The molecule has 1 aliphatic rings. The van der Waals surface area contributed by atoms with Gasteiger partial charge in [0.25, 0.3) is 5.91 Å². The van der Waals surface area contributed by atoms with E-state index in [1.54, 1.807) is 23.0 Å². The predicted octanol–water partition coefficient (Wildman–Crippen LogP) is 4.52. The highest BCUT2D eigenvalue weighted by atomic mass is 19.1. The molecule has 1 N–H and O–H groups in total. The summed E-state index contributed by atoms with van der Waals surface area (Å²) in [5, 5.41) is 2.87. The molecule has 0 fully saturated rings. The van der Waals surface area contributed by atoms with Crippen LogP contribution in [-0.4, -0.2) is 10.5 Å². The van der Waals surface area contributed by atoms with Gasteiger partial charge < -0.3 is 14.3 Å². The maximum absolute atomic E-state index is 14.3. The third kappa shape index (κ3) is 3.35. The van der Waals surface area contributed by atoms with Crippen LogP contribution in [0.4, 0.5) is 8.78 Å². The van der Waals surface area contributed by atoms with E-state index in [-0.39, 0.29) is 24.6 Å². The van der Waals surface area contributed by atoms with Gasteiger partial charge in [0.2, 0.25) is 0 Å². The third-order valence-electron chi connectivity index (χ3n) is 5.44. The first-order valence-corrected chi connectivity index (χ1v) is 9.50. The summed E-state index contributed by atoms with van der Waals surface area (Å²) in [6.07, 6.45) is 5.29. The molecule has 1 amide bonds. The van der Waals surface area contributed by atoms with Crippen LogP contribution in [-0.2, 0) is 25.9 Å². The van der Waals surface area contributed by atoms with Crippen molar-refractivity contribution >= 4 is 5.91 Å². The summed E-state index contributed by atoms with van der Waals surface area (Å²) in [6, 6.07) is 7.39. The Balaban J connectivity index is 1.72. The van der Waals surface area contributed by atoms with Crippen LogP contribution >= 0.6 is 0 Å². The first-order chi connectivity index (χ1) is 13.6. The van der Waals surface area contributed by atoms with E-state index in [1.165, 1.54) is 18.2 Å². The van der Waals surface area contributed by atoms with Crippen LogP contribution < -0.4 is 5.32 Å². The third-order valence-corrected chi connectivity index (χ3v) is 5.44. The molecule has 2 heterocycles. The highest BCUT2D eigenvalue weighted by Gasteiger charge is 2.27. The lowest BCUT2D eigenvalue weighted by molar-refractivity contribution is 0.0938. The summed E-state index contributed by atoms with van der Waals surface area (Å²) in [7, 11) is 0. The highest BCUT2D eigenvalue weighted by Crippen LogP contribution is 2.31. The second-order valence-corrected chi connectivity index (χ2v) is 7.15. The van der Waals surface area contributed by atoms with Crippen molar-refractivity contribution in [2.45, 2.75) is 45.7 Å². The zero-order valence-corrected chi connectivity index (χ0v) is 15.7. The lowest BCUT2D eigenvalue weighted by Gasteiger charge is -2.17. The summed E-state index contributed by atoms with van der Waals surface area (Å²) in [6.45, 7) is 2.17. The van der Waals surface area contributed by atoms with Crippen LogP contribution in [0.2, 0.25) is 0 Å². The molecular formula is C22H22F2N2O2. The molecule has 1 aliphatic carbocycles. The molecular weight excluding hydrogens is 362 g/mol. The molecule has 0 aliphatic heterocycles. The van der Waals surface area contributed by atoms with Gasteiger partial charge in [-0.05, 0) is 68.0 Å². The molecule has 4 nitrogen and oxygen atoms in total. The lowest BCUT2D eigenvalue weighted by Crippen LogP contribution is -2.27. The lowest BCUT2D eigenvalue weighted by atomic mass is 9.95. The molecule has 4 rings (SSSR count). The molecule has 0 radical (unpaired) electrons. The van der Waals surface area contributed by atoms with Crippen molar-refractivity contribution in [3.63, 3.8) is 0 Å². The second kappa shape index (κ2) is 7.62. The van der Waals surface area contributed by atoms with E-state index >= 15 is 0 Å². The van der Waals surface area contributed by atoms with E-state index < -0.39 is 11.6 Å². The number of hydrogen-bond donors (Lipinski definition) is 1. The minimum Gasteiger partial charge on any atom is -0.467 e. The fourth-order valence-electron chi connectivity index (χ4n) is 4.04. The quantitative estimate of drug-likeness (QED) is 0.703. The molecule has 0 bridgehead atoms. The van der Waals surface area contributed by atoms with E-state index in [9.17, 15) is 13.6 Å². The minimum atomic E-state index is -0.599. The van der Waals surface area contributed by atoms with E-state index in [1.807, 2.05) is 6.92 Å². The molecule has 6 heteroatoms. The Labute approximate surface area is 162 Å². The Morgan fingerprint density at radius 2 is 1.89 bits per heavy atom. The van der Waals surface area contributed by atoms with Gasteiger partial charge in [-0.15, -0.1) is 0 Å². The molecule has 0 spiro atoms. The summed E-state index contributed by atoms with van der Waals surface area (Å²) >= 11 is 0. The fraction of sp³-hybridized carbons (Fsp3) is 0.318. The smallest absolute Gasteiger partial charge is 0.268 e.